The highest BCUT2D eigenvalue weighted by Crippen LogP contribution is 2.31. The number of fused-ring (bicyclic) bond motifs is 1. The van der Waals surface area contributed by atoms with Gasteiger partial charge in [0.25, 0.3) is 0 Å². The predicted octanol–water partition coefficient (Wildman–Crippen LogP) is 3.96. The van der Waals surface area contributed by atoms with Gasteiger partial charge in [-0.15, -0.1) is 0 Å². The smallest absolute Gasteiger partial charge is 0.0998 e. The Labute approximate surface area is 111 Å². The van der Waals surface area contributed by atoms with Crippen LogP contribution in [0.3, 0.4) is 0 Å². The first-order chi connectivity index (χ1) is 9.29. The van der Waals surface area contributed by atoms with Crippen molar-refractivity contribution in [2.45, 2.75) is 0 Å². The van der Waals surface area contributed by atoms with Gasteiger partial charge in [-0.25, -0.2) is 0 Å². The maximum Gasteiger partial charge on any atom is 0.0998 e. The molecule has 0 aliphatic heterocycles. The third-order valence-electron chi connectivity index (χ3n) is 3.24. The number of nitriles is 1. The number of nitrogen functional groups attached to an aromatic ring is 1. The summed E-state index contributed by atoms with van der Waals surface area (Å²) in [4.78, 5) is 0. The van der Waals surface area contributed by atoms with Crippen LogP contribution in [-0.4, -0.2) is 0 Å². The van der Waals surface area contributed by atoms with E-state index in [2.05, 4.69) is 24.3 Å². The molecular formula is C17H12N2. The van der Waals surface area contributed by atoms with E-state index >= 15 is 0 Å². The molecule has 0 radical (unpaired) electrons. The molecule has 0 aliphatic rings. The molecule has 3 aromatic rings. The maximum atomic E-state index is 9.25. The van der Waals surface area contributed by atoms with E-state index < -0.39 is 0 Å². The quantitative estimate of drug-likeness (QED) is 0.659. The summed E-state index contributed by atoms with van der Waals surface area (Å²) in [5.74, 6) is 0. The lowest BCUT2D eigenvalue weighted by molar-refractivity contribution is 1.48. The zero-order chi connectivity index (χ0) is 13.2. The van der Waals surface area contributed by atoms with Crippen molar-refractivity contribution in [2.24, 2.45) is 0 Å². The van der Waals surface area contributed by atoms with Crippen LogP contribution in [0.15, 0.2) is 60.7 Å². The molecule has 0 bridgehead atoms. The van der Waals surface area contributed by atoms with E-state index in [1.807, 2.05) is 30.3 Å². The van der Waals surface area contributed by atoms with E-state index in [4.69, 9.17) is 5.73 Å². The van der Waals surface area contributed by atoms with Crippen molar-refractivity contribution >= 4 is 16.5 Å². The van der Waals surface area contributed by atoms with E-state index in [9.17, 15) is 5.26 Å². The van der Waals surface area contributed by atoms with Crippen molar-refractivity contribution in [3.05, 3.63) is 66.2 Å². The molecule has 2 N–H and O–H groups in total. The molecule has 0 amide bonds. The van der Waals surface area contributed by atoms with E-state index in [1.54, 1.807) is 12.1 Å². The summed E-state index contributed by atoms with van der Waals surface area (Å²) in [6.07, 6.45) is 0. The Kier molecular flexibility index (Phi) is 2.66. The van der Waals surface area contributed by atoms with Crippen molar-refractivity contribution in [3.8, 4) is 17.2 Å². The monoisotopic (exact) mass is 244 g/mol. The van der Waals surface area contributed by atoms with Gasteiger partial charge in [0.05, 0.1) is 11.6 Å². The number of anilines is 1. The molecule has 2 nitrogen and oxygen atoms in total. The zero-order valence-electron chi connectivity index (χ0n) is 10.3. The summed E-state index contributed by atoms with van der Waals surface area (Å²) >= 11 is 0. The van der Waals surface area contributed by atoms with Crippen LogP contribution < -0.4 is 5.73 Å². The van der Waals surface area contributed by atoms with Crippen LogP contribution in [0.5, 0.6) is 0 Å². The highest BCUT2D eigenvalue weighted by Gasteiger charge is 2.08. The lowest BCUT2D eigenvalue weighted by Gasteiger charge is -2.09. The Morgan fingerprint density at radius 2 is 1.63 bits per heavy atom. The van der Waals surface area contributed by atoms with Gasteiger partial charge in [-0.3, -0.25) is 0 Å². The lowest BCUT2D eigenvalue weighted by atomic mass is 9.95. The maximum absolute atomic E-state index is 9.25. The number of nitrogens with zero attached hydrogens (tertiary/aromatic N) is 1. The van der Waals surface area contributed by atoms with Gasteiger partial charge in [-0.2, -0.15) is 5.26 Å². The minimum atomic E-state index is 0.644. The van der Waals surface area contributed by atoms with Gasteiger partial charge >= 0.3 is 0 Å². The first kappa shape index (κ1) is 11.3. The molecule has 0 heterocycles. The lowest BCUT2D eigenvalue weighted by Crippen LogP contribution is -1.90. The summed E-state index contributed by atoms with van der Waals surface area (Å²) in [5, 5.41) is 11.5. The number of benzene rings is 3. The summed E-state index contributed by atoms with van der Waals surface area (Å²) < 4.78 is 0. The van der Waals surface area contributed by atoms with E-state index in [0.717, 1.165) is 21.9 Å². The van der Waals surface area contributed by atoms with Gasteiger partial charge in [0.2, 0.25) is 0 Å². The van der Waals surface area contributed by atoms with Crippen molar-refractivity contribution in [3.63, 3.8) is 0 Å². The minimum Gasteiger partial charge on any atom is -0.399 e. The molecule has 0 aromatic heterocycles. The van der Waals surface area contributed by atoms with E-state index in [-0.39, 0.29) is 0 Å². The van der Waals surface area contributed by atoms with Gasteiger partial charge in [0.15, 0.2) is 0 Å². The standard InChI is InChI=1S/C17H12N2/c18-11-13-8-9-14(19)10-17(13)16-7-3-5-12-4-1-2-6-15(12)16/h1-10H,19H2. The van der Waals surface area contributed by atoms with Gasteiger partial charge in [0, 0.05) is 11.3 Å². The summed E-state index contributed by atoms with van der Waals surface area (Å²) in [6, 6.07) is 21.9. The third kappa shape index (κ3) is 1.92. The molecule has 0 fully saturated rings. The van der Waals surface area contributed by atoms with E-state index in [1.165, 1.54) is 0 Å². The van der Waals surface area contributed by atoms with Crippen LogP contribution in [0, 0.1) is 11.3 Å². The first-order valence-electron chi connectivity index (χ1n) is 6.07. The molecule has 0 saturated heterocycles. The zero-order valence-corrected chi connectivity index (χ0v) is 10.3. The third-order valence-corrected chi connectivity index (χ3v) is 3.24. The number of hydrogen-bond acceptors (Lipinski definition) is 2. The van der Waals surface area contributed by atoms with Crippen molar-refractivity contribution in [2.75, 3.05) is 5.73 Å². The SMILES string of the molecule is N#Cc1ccc(N)cc1-c1cccc2ccccc12. The summed E-state index contributed by atoms with van der Waals surface area (Å²) in [5.41, 5.74) is 9.10. The van der Waals surface area contributed by atoms with Crippen LogP contribution in [-0.2, 0) is 0 Å². The van der Waals surface area contributed by atoms with Crippen molar-refractivity contribution < 1.29 is 0 Å². The van der Waals surface area contributed by atoms with Gasteiger partial charge in [-0.1, -0.05) is 42.5 Å². The molecule has 19 heavy (non-hydrogen) atoms. The second-order valence-corrected chi connectivity index (χ2v) is 4.44. The molecule has 90 valence electrons. The number of rotatable bonds is 1. The Balaban J connectivity index is 2.37. The summed E-state index contributed by atoms with van der Waals surface area (Å²) in [6.45, 7) is 0. The molecule has 0 saturated carbocycles. The fourth-order valence-electron chi connectivity index (χ4n) is 2.34. The second-order valence-electron chi connectivity index (χ2n) is 4.44. The largest absolute Gasteiger partial charge is 0.399 e. The average Bonchev–Trinajstić information content (AvgIpc) is 2.46. The van der Waals surface area contributed by atoms with Crippen LogP contribution in [0.1, 0.15) is 5.56 Å². The topological polar surface area (TPSA) is 49.8 Å². The van der Waals surface area contributed by atoms with Gasteiger partial charge in [0.1, 0.15) is 0 Å². The Bertz CT molecular complexity index is 792. The molecule has 2 heteroatoms. The summed E-state index contributed by atoms with van der Waals surface area (Å²) in [7, 11) is 0. The van der Waals surface area contributed by atoms with Crippen molar-refractivity contribution in [1.82, 2.24) is 0 Å². The highest BCUT2D eigenvalue weighted by atomic mass is 14.5. The fraction of sp³-hybridized carbons (Fsp3) is 0. The molecule has 0 unspecified atom stereocenters. The normalized spacial score (nSPS) is 10.3. The molecular weight excluding hydrogens is 232 g/mol. The molecule has 3 rings (SSSR count). The van der Waals surface area contributed by atoms with Gasteiger partial charge in [-0.05, 0) is 34.5 Å². The average molecular weight is 244 g/mol. The highest BCUT2D eigenvalue weighted by molar-refractivity contribution is 5.98. The Morgan fingerprint density at radius 1 is 0.842 bits per heavy atom. The van der Waals surface area contributed by atoms with Crippen molar-refractivity contribution in [1.29, 1.82) is 5.26 Å². The molecule has 0 spiro atoms. The Morgan fingerprint density at radius 3 is 2.47 bits per heavy atom. The minimum absolute atomic E-state index is 0.644. The van der Waals surface area contributed by atoms with Crippen LogP contribution in [0.4, 0.5) is 5.69 Å². The van der Waals surface area contributed by atoms with Crippen LogP contribution in [0.2, 0.25) is 0 Å². The molecule has 0 aliphatic carbocycles. The van der Waals surface area contributed by atoms with Gasteiger partial charge < -0.3 is 5.73 Å². The second kappa shape index (κ2) is 4.47. The molecule has 3 aromatic carbocycles. The Hall–Kier alpha value is -2.79. The first-order valence-corrected chi connectivity index (χ1v) is 6.07. The van der Waals surface area contributed by atoms with E-state index in [0.29, 0.717) is 11.3 Å². The molecule has 0 atom stereocenters. The number of nitrogens with two attached hydrogens (primary N) is 1. The van der Waals surface area contributed by atoms with Crippen LogP contribution in [0.25, 0.3) is 21.9 Å². The fourth-order valence-corrected chi connectivity index (χ4v) is 2.34. The van der Waals surface area contributed by atoms with Crippen LogP contribution >= 0.6 is 0 Å². The number of hydrogen-bond donors (Lipinski definition) is 1. The predicted molar refractivity (Wildman–Crippen MR) is 78.5 cm³/mol.